The highest BCUT2D eigenvalue weighted by Gasteiger charge is 2.20. The average molecular weight is 498 g/mol. The highest BCUT2D eigenvalue weighted by Crippen LogP contribution is 2.37. The molecular formula is C23H14ClF2N5O2S. The molecule has 0 radical (unpaired) electrons. The molecule has 0 atom stereocenters. The molecule has 0 amide bonds. The summed E-state index contributed by atoms with van der Waals surface area (Å²) >= 11 is 7.16. The zero-order valence-electron chi connectivity index (χ0n) is 17.5. The van der Waals surface area contributed by atoms with Crippen LogP contribution in [0.3, 0.4) is 0 Å². The van der Waals surface area contributed by atoms with Gasteiger partial charge in [-0.25, -0.2) is 28.2 Å². The van der Waals surface area contributed by atoms with E-state index in [0.29, 0.717) is 49.7 Å². The van der Waals surface area contributed by atoms with E-state index in [1.807, 2.05) is 0 Å². The van der Waals surface area contributed by atoms with E-state index in [1.165, 1.54) is 17.4 Å². The third-order valence-electron chi connectivity index (χ3n) is 5.28. The summed E-state index contributed by atoms with van der Waals surface area (Å²) in [5, 5.41) is 5.85. The molecule has 1 aromatic carbocycles. The van der Waals surface area contributed by atoms with E-state index in [9.17, 15) is 8.78 Å². The number of hydrogen-bond acceptors (Lipinski definition) is 7. The van der Waals surface area contributed by atoms with Crippen LogP contribution in [0.2, 0.25) is 5.02 Å². The minimum Gasteiger partial charge on any atom is -0.486 e. The smallest absolute Gasteiger partial charge is 0.280 e. The molecule has 0 bridgehead atoms. The predicted octanol–water partition coefficient (Wildman–Crippen LogP) is 6.63. The van der Waals surface area contributed by atoms with Gasteiger partial charge in [0.25, 0.3) is 6.43 Å². The number of rotatable bonds is 5. The van der Waals surface area contributed by atoms with Gasteiger partial charge in [-0.05, 0) is 55.0 Å². The van der Waals surface area contributed by atoms with E-state index < -0.39 is 6.43 Å². The molecule has 34 heavy (non-hydrogen) atoms. The van der Waals surface area contributed by atoms with Crippen LogP contribution in [-0.4, -0.2) is 24.6 Å². The van der Waals surface area contributed by atoms with Gasteiger partial charge in [0.15, 0.2) is 11.4 Å². The molecule has 0 unspecified atom stereocenters. The largest absolute Gasteiger partial charge is 0.486 e. The number of halogens is 3. The Hall–Kier alpha value is -3.63. The van der Waals surface area contributed by atoms with Crippen molar-refractivity contribution >= 4 is 49.0 Å². The molecule has 0 fully saturated rings. The molecule has 5 aromatic heterocycles. The van der Waals surface area contributed by atoms with Gasteiger partial charge in [-0.15, -0.1) is 16.4 Å². The molecule has 6 rings (SSSR count). The Bertz CT molecular complexity index is 1680. The summed E-state index contributed by atoms with van der Waals surface area (Å²) in [6, 6.07) is 12.0. The van der Waals surface area contributed by atoms with Crippen LogP contribution in [0.4, 0.5) is 8.78 Å². The van der Waals surface area contributed by atoms with Crippen molar-refractivity contribution in [2.75, 3.05) is 0 Å². The first-order valence-electron chi connectivity index (χ1n) is 10.2. The van der Waals surface area contributed by atoms with E-state index in [2.05, 4.69) is 20.1 Å². The Morgan fingerprint density at radius 2 is 1.97 bits per heavy atom. The molecular weight excluding hydrogens is 484 g/mol. The fourth-order valence-corrected chi connectivity index (χ4v) is 5.02. The van der Waals surface area contributed by atoms with Crippen LogP contribution >= 0.6 is 22.9 Å². The van der Waals surface area contributed by atoms with Crippen LogP contribution in [-0.2, 0) is 6.61 Å². The van der Waals surface area contributed by atoms with Gasteiger partial charge in [-0.1, -0.05) is 11.6 Å². The van der Waals surface area contributed by atoms with E-state index in [1.54, 1.807) is 54.2 Å². The number of aryl methyl sites for hydroxylation is 1. The number of fused-ring (bicyclic) bond motifs is 5. The number of alkyl halides is 2. The molecule has 5 heterocycles. The van der Waals surface area contributed by atoms with Gasteiger partial charge in [0.1, 0.15) is 39.7 Å². The maximum atomic E-state index is 13.2. The molecule has 0 saturated carbocycles. The predicted molar refractivity (Wildman–Crippen MR) is 125 cm³/mol. The van der Waals surface area contributed by atoms with Crippen molar-refractivity contribution in [1.82, 2.24) is 24.6 Å². The van der Waals surface area contributed by atoms with Crippen LogP contribution in [0.5, 0.6) is 5.75 Å². The fraction of sp³-hybridized carbons (Fsp3) is 0.130. The molecule has 0 N–H and O–H groups in total. The maximum absolute atomic E-state index is 13.2. The SMILES string of the molecule is Cc1cc(C(F)F)nc2sc3c(ncn4nc(-c5ccc(COc6ccc(Cl)cc6)o5)nc34)c12. The molecule has 0 aliphatic carbocycles. The second-order valence-electron chi connectivity index (χ2n) is 7.58. The average Bonchev–Trinajstić information content (AvgIpc) is 3.54. The van der Waals surface area contributed by atoms with E-state index >= 15 is 0 Å². The minimum atomic E-state index is -2.64. The van der Waals surface area contributed by atoms with Gasteiger partial charge in [0.05, 0.1) is 5.52 Å². The number of hydrogen-bond donors (Lipinski definition) is 0. The van der Waals surface area contributed by atoms with E-state index in [0.717, 1.165) is 10.1 Å². The summed E-state index contributed by atoms with van der Waals surface area (Å²) in [6.07, 6.45) is -1.09. The highest BCUT2D eigenvalue weighted by atomic mass is 35.5. The Labute approximate surface area is 199 Å². The van der Waals surface area contributed by atoms with Crippen LogP contribution in [0.15, 0.2) is 53.2 Å². The van der Waals surface area contributed by atoms with Crippen molar-refractivity contribution in [2.45, 2.75) is 20.0 Å². The van der Waals surface area contributed by atoms with E-state index in [4.69, 9.17) is 20.8 Å². The molecule has 6 aromatic rings. The lowest BCUT2D eigenvalue weighted by molar-refractivity contribution is 0.146. The molecule has 170 valence electrons. The summed E-state index contributed by atoms with van der Waals surface area (Å²) in [6.45, 7) is 2.01. The maximum Gasteiger partial charge on any atom is 0.280 e. The lowest BCUT2D eigenvalue weighted by Crippen LogP contribution is -1.93. The third-order valence-corrected chi connectivity index (χ3v) is 6.61. The fourth-order valence-electron chi connectivity index (χ4n) is 3.71. The summed E-state index contributed by atoms with van der Waals surface area (Å²) in [7, 11) is 0. The first kappa shape index (κ1) is 20.9. The summed E-state index contributed by atoms with van der Waals surface area (Å²) < 4.78 is 40.3. The second kappa shape index (κ2) is 8.00. The quantitative estimate of drug-likeness (QED) is 0.266. The minimum absolute atomic E-state index is 0.231. The molecule has 0 spiro atoms. The number of aromatic nitrogens is 5. The zero-order chi connectivity index (χ0) is 23.4. The Kier molecular flexibility index (Phi) is 4.93. The van der Waals surface area contributed by atoms with Crippen molar-refractivity contribution in [3.63, 3.8) is 0 Å². The van der Waals surface area contributed by atoms with Crippen LogP contribution in [0.1, 0.15) is 23.4 Å². The van der Waals surface area contributed by atoms with Gasteiger partial charge in [-0.3, -0.25) is 0 Å². The van der Waals surface area contributed by atoms with Gasteiger partial charge in [0.2, 0.25) is 5.82 Å². The van der Waals surface area contributed by atoms with Crippen LogP contribution in [0.25, 0.3) is 37.7 Å². The molecule has 11 heteroatoms. The second-order valence-corrected chi connectivity index (χ2v) is 9.02. The number of nitrogens with zero attached hydrogens (tertiary/aromatic N) is 5. The molecule has 7 nitrogen and oxygen atoms in total. The highest BCUT2D eigenvalue weighted by molar-refractivity contribution is 7.26. The van der Waals surface area contributed by atoms with Crippen molar-refractivity contribution in [3.8, 4) is 17.3 Å². The summed E-state index contributed by atoms with van der Waals surface area (Å²) in [4.78, 5) is 13.8. The topological polar surface area (TPSA) is 78.3 Å². The number of thiophene rings is 1. The van der Waals surface area contributed by atoms with Crippen molar-refractivity contribution in [3.05, 3.63) is 70.8 Å². The first-order chi connectivity index (χ1) is 16.5. The number of benzene rings is 1. The Morgan fingerprint density at radius 3 is 2.76 bits per heavy atom. The third kappa shape index (κ3) is 3.55. The number of ether oxygens (including phenoxy) is 1. The zero-order valence-corrected chi connectivity index (χ0v) is 19.1. The lowest BCUT2D eigenvalue weighted by Gasteiger charge is -2.03. The van der Waals surface area contributed by atoms with Crippen molar-refractivity contribution < 1.29 is 17.9 Å². The van der Waals surface area contributed by atoms with Gasteiger partial charge in [-0.2, -0.15) is 0 Å². The summed E-state index contributed by atoms with van der Waals surface area (Å²) in [5.74, 6) is 2.13. The summed E-state index contributed by atoms with van der Waals surface area (Å²) in [5.41, 5.74) is 1.66. The van der Waals surface area contributed by atoms with E-state index in [-0.39, 0.29) is 12.3 Å². The first-order valence-corrected chi connectivity index (χ1v) is 11.4. The van der Waals surface area contributed by atoms with Gasteiger partial charge in [0, 0.05) is 10.4 Å². The normalized spacial score (nSPS) is 11.9. The molecule has 0 aliphatic rings. The number of pyridine rings is 1. The standard InChI is InChI=1S/C23H14ClF2N5O2S/c1-11-8-15(20(25)26)28-23-17(11)18-19(34-23)22-29-21(30-31(22)10-27-18)16-7-6-14(33-16)9-32-13-4-2-12(24)3-5-13/h2-8,10,20H,9H2,1H3. The monoisotopic (exact) mass is 497 g/mol. The van der Waals surface area contributed by atoms with Crippen molar-refractivity contribution in [1.29, 1.82) is 0 Å². The van der Waals surface area contributed by atoms with Crippen LogP contribution < -0.4 is 4.74 Å². The Balaban J connectivity index is 1.35. The molecule has 0 aliphatic heterocycles. The lowest BCUT2D eigenvalue weighted by atomic mass is 10.1. The van der Waals surface area contributed by atoms with Crippen molar-refractivity contribution in [2.24, 2.45) is 0 Å². The van der Waals surface area contributed by atoms with Gasteiger partial charge >= 0.3 is 0 Å². The number of furan rings is 1. The van der Waals surface area contributed by atoms with Gasteiger partial charge < -0.3 is 9.15 Å². The Morgan fingerprint density at radius 1 is 1.15 bits per heavy atom. The molecule has 0 saturated heterocycles. The van der Waals surface area contributed by atoms with Crippen LogP contribution in [0, 0.1) is 6.92 Å².